The van der Waals surface area contributed by atoms with E-state index < -0.39 is 5.97 Å². The molecule has 0 radical (unpaired) electrons. The standard InChI is InChI=1S/C13H17N5O3/c1-9-11(3-4-12(19)20)10(2)18(13(21)15-9)8-7-17-6-5-14-16-17/h5-6H,3-4,7-8H2,1-2H3,(H,19,20). The zero-order chi connectivity index (χ0) is 15.4. The van der Waals surface area contributed by atoms with Crippen molar-refractivity contribution in [2.75, 3.05) is 0 Å². The molecule has 0 aliphatic heterocycles. The maximum absolute atomic E-state index is 12.0. The number of hydrogen-bond donors (Lipinski definition) is 1. The maximum Gasteiger partial charge on any atom is 0.348 e. The van der Waals surface area contributed by atoms with Crippen molar-refractivity contribution < 1.29 is 9.90 Å². The number of carboxylic acid groups (broad SMARTS) is 1. The molecule has 0 aromatic carbocycles. The Kier molecular flexibility index (Phi) is 4.46. The van der Waals surface area contributed by atoms with Crippen molar-refractivity contribution in [1.29, 1.82) is 0 Å². The molecule has 21 heavy (non-hydrogen) atoms. The smallest absolute Gasteiger partial charge is 0.348 e. The molecule has 2 rings (SSSR count). The lowest BCUT2D eigenvalue weighted by atomic mass is 10.1. The highest BCUT2D eigenvalue weighted by Gasteiger charge is 2.12. The molecule has 112 valence electrons. The topological polar surface area (TPSA) is 103 Å². The van der Waals surface area contributed by atoms with Gasteiger partial charge in [0.25, 0.3) is 0 Å². The summed E-state index contributed by atoms with van der Waals surface area (Å²) in [5.74, 6) is -0.867. The fourth-order valence-corrected chi connectivity index (χ4v) is 2.25. The molecule has 0 saturated carbocycles. The van der Waals surface area contributed by atoms with Crippen LogP contribution in [0.1, 0.15) is 23.4 Å². The molecule has 0 bridgehead atoms. The lowest BCUT2D eigenvalue weighted by molar-refractivity contribution is -0.136. The van der Waals surface area contributed by atoms with Crippen LogP contribution in [-0.4, -0.2) is 35.6 Å². The molecule has 8 nitrogen and oxygen atoms in total. The third-order valence-corrected chi connectivity index (χ3v) is 3.39. The summed E-state index contributed by atoms with van der Waals surface area (Å²) < 4.78 is 3.18. The summed E-state index contributed by atoms with van der Waals surface area (Å²) in [6.45, 7) is 4.47. The third kappa shape index (κ3) is 3.53. The van der Waals surface area contributed by atoms with Gasteiger partial charge in [0.15, 0.2) is 0 Å². The van der Waals surface area contributed by atoms with Gasteiger partial charge in [-0.25, -0.2) is 4.79 Å². The number of carbonyl (C=O) groups is 1. The average molecular weight is 291 g/mol. The molecular formula is C13H17N5O3. The molecule has 0 atom stereocenters. The molecule has 0 aliphatic rings. The van der Waals surface area contributed by atoms with Gasteiger partial charge in [-0.3, -0.25) is 14.0 Å². The molecular weight excluding hydrogens is 274 g/mol. The number of carboxylic acids is 1. The van der Waals surface area contributed by atoms with Gasteiger partial charge in [-0.15, -0.1) is 5.10 Å². The summed E-state index contributed by atoms with van der Waals surface area (Å²) in [4.78, 5) is 26.7. The van der Waals surface area contributed by atoms with Crippen molar-refractivity contribution in [1.82, 2.24) is 24.5 Å². The lowest BCUT2D eigenvalue weighted by Gasteiger charge is -2.15. The fourth-order valence-electron chi connectivity index (χ4n) is 2.25. The van der Waals surface area contributed by atoms with Crippen LogP contribution in [0.5, 0.6) is 0 Å². The molecule has 2 aromatic rings. The predicted molar refractivity (Wildman–Crippen MR) is 73.9 cm³/mol. The van der Waals surface area contributed by atoms with Crippen molar-refractivity contribution in [2.45, 2.75) is 39.8 Å². The molecule has 0 saturated heterocycles. The Hall–Kier alpha value is -2.51. The van der Waals surface area contributed by atoms with E-state index in [4.69, 9.17) is 5.11 Å². The van der Waals surface area contributed by atoms with Gasteiger partial charge in [0.2, 0.25) is 0 Å². The van der Waals surface area contributed by atoms with Crippen LogP contribution in [0.25, 0.3) is 0 Å². The van der Waals surface area contributed by atoms with Crippen molar-refractivity contribution >= 4 is 5.97 Å². The minimum absolute atomic E-state index is 0.0185. The fraction of sp³-hybridized carbons (Fsp3) is 0.462. The number of hydrogen-bond acceptors (Lipinski definition) is 5. The molecule has 0 spiro atoms. The van der Waals surface area contributed by atoms with Crippen LogP contribution >= 0.6 is 0 Å². The van der Waals surface area contributed by atoms with Crippen molar-refractivity contribution in [3.63, 3.8) is 0 Å². The summed E-state index contributed by atoms with van der Waals surface area (Å²) in [5, 5.41) is 16.3. The van der Waals surface area contributed by atoms with Crippen LogP contribution in [0.15, 0.2) is 17.2 Å². The van der Waals surface area contributed by atoms with Gasteiger partial charge < -0.3 is 5.11 Å². The van der Waals surface area contributed by atoms with E-state index >= 15 is 0 Å². The van der Waals surface area contributed by atoms with Crippen LogP contribution in [0.3, 0.4) is 0 Å². The summed E-state index contributed by atoms with van der Waals surface area (Å²) in [5.41, 5.74) is 1.84. The number of nitrogens with zero attached hydrogens (tertiary/aromatic N) is 5. The molecule has 0 amide bonds. The summed E-state index contributed by atoms with van der Waals surface area (Å²) in [7, 11) is 0. The van der Waals surface area contributed by atoms with E-state index in [1.165, 1.54) is 0 Å². The minimum Gasteiger partial charge on any atom is -0.481 e. The molecule has 2 aromatic heterocycles. The van der Waals surface area contributed by atoms with Crippen LogP contribution < -0.4 is 5.69 Å². The highest BCUT2D eigenvalue weighted by molar-refractivity contribution is 5.67. The molecule has 8 heteroatoms. The second-order valence-corrected chi connectivity index (χ2v) is 4.76. The van der Waals surface area contributed by atoms with E-state index in [2.05, 4.69) is 15.3 Å². The first-order chi connectivity index (χ1) is 9.99. The van der Waals surface area contributed by atoms with Crippen LogP contribution in [0, 0.1) is 13.8 Å². The van der Waals surface area contributed by atoms with Gasteiger partial charge in [0, 0.05) is 30.6 Å². The number of rotatable bonds is 6. The highest BCUT2D eigenvalue weighted by Crippen LogP contribution is 2.12. The van der Waals surface area contributed by atoms with Gasteiger partial charge in [0.05, 0.1) is 12.7 Å². The molecule has 1 N–H and O–H groups in total. The maximum atomic E-state index is 12.0. The highest BCUT2D eigenvalue weighted by atomic mass is 16.4. The van der Waals surface area contributed by atoms with Crippen LogP contribution in [-0.2, 0) is 24.3 Å². The lowest BCUT2D eigenvalue weighted by Crippen LogP contribution is -2.29. The zero-order valence-electron chi connectivity index (χ0n) is 12.0. The normalized spacial score (nSPS) is 10.8. The SMILES string of the molecule is Cc1nc(=O)n(CCn2ccnn2)c(C)c1CCC(=O)O. The van der Waals surface area contributed by atoms with E-state index in [1.807, 2.05) is 6.92 Å². The summed E-state index contributed by atoms with van der Waals surface area (Å²) >= 11 is 0. The van der Waals surface area contributed by atoms with Gasteiger partial charge in [-0.05, 0) is 25.8 Å². The quantitative estimate of drug-likeness (QED) is 0.813. The van der Waals surface area contributed by atoms with E-state index in [0.29, 0.717) is 25.2 Å². The molecule has 0 aliphatic carbocycles. The zero-order valence-corrected chi connectivity index (χ0v) is 12.0. The first kappa shape index (κ1) is 14.9. The van der Waals surface area contributed by atoms with Gasteiger partial charge >= 0.3 is 11.7 Å². The number of aromatic nitrogens is 5. The van der Waals surface area contributed by atoms with E-state index in [0.717, 1.165) is 11.3 Å². The minimum atomic E-state index is -0.867. The van der Waals surface area contributed by atoms with Crippen LogP contribution in [0.4, 0.5) is 0 Å². The Balaban J connectivity index is 2.25. The first-order valence-corrected chi connectivity index (χ1v) is 6.62. The second-order valence-electron chi connectivity index (χ2n) is 4.76. The Bertz CT molecular complexity index is 691. The first-order valence-electron chi connectivity index (χ1n) is 6.62. The largest absolute Gasteiger partial charge is 0.481 e. The van der Waals surface area contributed by atoms with Crippen molar-refractivity contribution in [3.05, 3.63) is 39.8 Å². The molecule has 2 heterocycles. The van der Waals surface area contributed by atoms with Gasteiger partial charge in [0.1, 0.15) is 0 Å². The monoisotopic (exact) mass is 291 g/mol. The second kappa shape index (κ2) is 6.29. The molecule has 0 unspecified atom stereocenters. The summed E-state index contributed by atoms with van der Waals surface area (Å²) in [6.07, 6.45) is 3.67. The Labute approximate surface area is 121 Å². The predicted octanol–water partition coefficient (Wildman–Crippen LogP) is 0.169. The van der Waals surface area contributed by atoms with Gasteiger partial charge in [-0.1, -0.05) is 5.21 Å². The average Bonchev–Trinajstić information content (AvgIpc) is 2.90. The van der Waals surface area contributed by atoms with E-state index in [1.54, 1.807) is 28.6 Å². The van der Waals surface area contributed by atoms with E-state index in [-0.39, 0.29) is 12.1 Å². The third-order valence-electron chi connectivity index (χ3n) is 3.39. The Morgan fingerprint density at radius 3 is 2.71 bits per heavy atom. The Morgan fingerprint density at radius 1 is 1.33 bits per heavy atom. The van der Waals surface area contributed by atoms with E-state index in [9.17, 15) is 9.59 Å². The van der Waals surface area contributed by atoms with Crippen molar-refractivity contribution in [3.8, 4) is 0 Å². The Morgan fingerprint density at radius 2 is 2.10 bits per heavy atom. The molecule has 0 fully saturated rings. The number of aryl methyl sites for hydroxylation is 2. The number of aliphatic carboxylic acids is 1. The van der Waals surface area contributed by atoms with Gasteiger partial charge in [-0.2, -0.15) is 4.98 Å². The van der Waals surface area contributed by atoms with Crippen molar-refractivity contribution in [2.24, 2.45) is 0 Å². The summed E-state index contributed by atoms with van der Waals surface area (Å²) in [6, 6.07) is 0. The van der Waals surface area contributed by atoms with Crippen LogP contribution in [0.2, 0.25) is 0 Å².